The lowest BCUT2D eigenvalue weighted by Gasteiger charge is -2.41. The summed E-state index contributed by atoms with van der Waals surface area (Å²) in [5, 5.41) is 0. The van der Waals surface area contributed by atoms with Gasteiger partial charge in [0.05, 0.1) is 0 Å². The third-order valence-corrected chi connectivity index (χ3v) is 5.91. The van der Waals surface area contributed by atoms with Crippen molar-refractivity contribution in [2.75, 3.05) is 33.7 Å². The molecule has 0 aromatic carbocycles. The topological polar surface area (TPSA) is 32.5 Å². The third-order valence-electron chi connectivity index (χ3n) is 5.91. The Morgan fingerprint density at radius 3 is 2.60 bits per heavy atom. The van der Waals surface area contributed by atoms with E-state index in [-0.39, 0.29) is 0 Å². The number of hydrogen-bond acceptors (Lipinski definition) is 3. The molecule has 2 fully saturated rings. The molecular weight excluding hydrogens is 246 g/mol. The Labute approximate surface area is 125 Å². The zero-order chi connectivity index (χ0) is 14.6. The Hall–Kier alpha value is -0.120. The van der Waals surface area contributed by atoms with Crippen LogP contribution in [0.15, 0.2) is 0 Å². The van der Waals surface area contributed by atoms with Crippen LogP contribution in [-0.2, 0) is 0 Å². The third kappa shape index (κ3) is 3.55. The number of hydrogen-bond donors (Lipinski definition) is 1. The Morgan fingerprint density at radius 2 is 2.00 bits per heavy atom. The van der Waals surface area contributed by atoms with E-state index in [1.807, 2.05) is 0 Å². The second kappa shape index (κ2) is 7.24. The first-order valence-electron chi connectivity index (χ1n) is 8.73. The standard InChI is InChI=1S/C17H35N3/c1-4-6-15-7-5-10-17(14-18,11-8-15)20-12-9-16(13-20)19(2)3/h15-16H,4-14,18H2,1-3H3. The van der Waals surface area contributed by atoms with Crippen LogP contribution in [0, 0.1) is 5.92 Å². The summed E-state index contributed by atoms with van der Waals surface area (Å²) in [7, 11) is 4.43. The molecule has 2 aliphatic rings. The first kappa shape index (κ1) is 16.3. The number of nitrogens with zero attached hydrogens (tertiary/aromatic N) is 2. The quantitative estimate of drug-likeness (QED) is 0.787. The van der Waals surface area contributed by atoms with Crippen LogP contribution in [0.4, 0.5) is 0 Å². The van der Waals surface area contributed by atoms with Gasteiger partial charge in [-0.05, 0) is 45.7 Å². The Balaban J connectivity index is 1.99. The summed E-state index contributed by atoms with van der Waals surface area (Å²) in [6, 6.07) is 0.730. The van der Waals surface area contributed by atoms with Gasteiger partial charge in [-0.15, -0.1) is 0 Å². The number of nitrogens with two attached hydrogens (primary N) is 1. The lowest BCUT2D eigenvalue weighted by atomic mass is 9.87. The second-order valence-electron chi connectivity index (χ2n) is 7.37. The number of likely N-dealkylation sites (tertiary alicyclic amines) is 1. The van der Waals surface area contributed by atoms with Gasteiger partial charge in [0.2, 0.25) is 0 Å². The van der Waals surface area contributed by atoms with E-state index >= 15 is 0 Å². The SMILES string of the molecule is CCCC1CCCC(CN)(N2CCC(N(C)C)C2)CC1. The maximum Gasteiger partial charge on any atom is 0.0332 e. The summed E-state index contributed by atoms with van der Waals surface area (Å²) in [6.07, 6.45) is 10.9. The molecule has 0 radical (unpaired) electrons. The molecule has 1 saturated carbocycles. The normalized spacial score (nSPS) is 36.5. The van der Waals surface area contributed by atoms with Crippen molar-refractivity contribution >= 4 is 0 Å². The summed E-state index contributed by atoms with van der Waals surface area (Å²) in [5.41, 5.74) is 6.59. The van der Waals surface area contributed by atoms with Crippen LogP contribution in [0.1, 0.15) is 58.3 Å². The van der Waals surface area contributed by atoms with E-state index in [0.29, 0.717) is 5.54 Å². The molecule has 118 valence electrons. The van der Waals surface area contributed by atoms with Crippen molar-refractivity contribution in [3.63, 3.8) is 0 Å². The van der Waals surface area contributed by atoms with Crippen LogP contribution in [-0.4, -0.2) is 55.1 Å². The van der Waals surface area contributed by atoms with E-state index in [0.717, 1.165) is 18.5 Å². The van der Waals surface area contributed by atoms with Crippen molar-refractivity contribution in [2.45, 2.75) is 69.9 Å². The summed E-state index contributed by atoms with van der Waals surface area (Å²) < 4.78 is 0. The minimum absolute atomic E-state index is 0.313. The lowest BCUT2D eigenvalue weighted by molar-refractivity contribution is 0.0957. The fraction of sp³-hybridized carbons (Fsp3) is 1.00. The highest BCUT2D eigenvalue weighted by molar-refractivity contribution is 4.98. The van der Waals surface area contributed by atoms with E-state index < -0.39 is 0 Å². The Bertz CT molecular complexity index is 292. The van der Waals surface area contributed by atoms with Crippen LogP contribution in [0.2, 0.25) is 0 Å². The van der Waals surface area contributed by atoms with Gasteiger partial charge in [0.15, 0.2) is 0 Å². The molecule has 0 aromatic heterocycles. The van der Waals surface area contributed by atoms with Crippen molar-refractivity contribution in [3.05, 3.63) is 0 Å². The van der Waals surface area contributed by atoms with Crippen LogP contribution >= 0.6 is 0 Å². The molecule has 1 heterocycles. The largest absolute Gasteiger partial charge is 0.329 e. The van der Waals surface area contributed by atoms with Crippen molar-refractivity contribution in [3.8, 4) is 0 Å². The van der Waals surface area contributed by atoms with E-state index in [9.17, 15) is 0 Å². The molecule has 2 rings (SSSR count). The molecule has 3 nitrogen and oxygen atoms in total. The van der Waals surface area contributed by atoms with Crippen LogP contribution in [0.25, 0.3) is 0 Å². The smallest absolute Gasteiger partial charge is 0.0332 e. The van der Waals surface area contributed by atoms with Gasteiger partial charge in [-0.25, -0.2) is 0 Å². The highest BCUT2D eigenvalue weighted by atomic mass is 15.3. The molecule has 3 heteroatoms. The van der Waals surface area contributed by atoms with Gasteiger partial charge in [-0.1, -0.05) is 32.6 Å². The molecule has 0 aromatic rings. The minimum Gasteiger partial charge on any atom is -0.329 e. The Kier molecular flexibility index (Phi) is 5.88. The molecule has 0 spiro atoms. The first-order chi connectivity index (χ1) is 9.61. The van der Waals surface area contributed by atoms with Gasteiger partial charge < -0.3 is 10.6 Å². The van der Waals surface area contributed by atoms with Gasteiger partial charge in [0.25, 0.3) is 0 Å². The number of likely N-dealkylation sites (N-methyl/N-ethyl adjacent to an activating group) is 1. The van der Waals surface area contributed by atoms with Gasteiger partial charge >= 0.3 is 0 Å². The van der Waals surface area contributed by atoms with Gasteiger partial charge in [-0.3, -0.25) is 4.90 Å². The molecule has 2 N–H and O–H groups in total. The van der Waals surface area contributed by atoms with E-state index in [1.165, 1.54) is 64.5 Å². The summed E-state index contributed by atoms with van der Waals surface area (Å²) in [6.45, 7) is 5.65. The molecule has 1 aliphatic heterocycles. The monoisotopic (exact) mass is 281 g/mol. The molecule has 1 aliphatic carbocycles. The molecule has 20 heavy (non-hydrogen) atoms. The molecule has 0 amide bonds. The van der Waals surface area contributed by atoms with E-state index in [2.05, 4.69) is 30.8 Å². The molecular formula is C17H35N3. The van der Waals surface area contributed by atoms with Gasteiger partial charge in [0, 0.05) is 31.2 Å². The van der Waals surface area contributed by atoms with Crippen LogP contribution in [0.5, 0.6) is 0 Å². The number of rotatable bonds is 5. The maximum absolute atomic E-state index is 6.27. The van der Waals surface area contributed by atoms with Crippen molar-refractivity contribution in [1.29, 1.82) is 0 Å². The zero-order valence-corrected chi connectivity index (χ0v) is 13.9. The van der Waals surface area contributed by atoms with Crippen molar-refractivity contribution in [1.82, 2.24) is 9.80 Å². The van der Waals surface area contributed by atoms with Crippen molar-refractivity contribution < 1.29 is 0 Å². The molecule has 0 bridgehead atoms. The molecule has 1 saturated heterocycles. The summed E-state index contributed by atoms with van der Waals surface area (Å²) in [4.78, 5) is 5.13. The highest BCUT2D eigenvalue weighted by Gasteiger charge is 2.41. The first-order valence-corrected chi connectivity index (χ1v) is 8.73. The van der Waals surface area contributed by atoms with E-state index in [1.54, 1.807) is 0 Å². The Morgan fingerprint density at radius 1 is 1.20 bits per heavy atom. The van der Waals surface area contributed by atoms with Gasteiger partial charge in [0.1, 0.15) is 0 Å². The molecule has 3 unspecified atom stereocenters. The predicted octanol–water partition coefficient (Wildman–Crippen LogP) is 2.70. The summed E-state index contributed by atoms with van der Waals surface area (Å²) >= 11 is 0. The van der Waals surface area contributed by atoms with Crippen LogP contribution < -0.4 is 5.73 Å². The van der Waals surface area contributed by atoms with E-state index in [4.69, 9.17) is 5.73 Å². The summed E-state index contributed by atoms with van der Waals surface area (Å²) in [5.74, 6) is 0.959. The van der Waals surface area contributed by atoms with Crippen LogP contribution in [0.3, 0.4) is 0 Å². The zero-order valence-electron chi connectivity index (χ0n) is 13.9. The molecule has 3 atom stereocenters. The predicted molar refractivity (Wildman–Crippen MR) is 86.9 cm³/mol. The lowest BCUT2D eigenvalue weighted by Crippen LogP contribution is -2.53. The average Bonchev–Trinajstić information content (AvgIpc) is 2.84. The van der Waals surface area contributed by atoms with Gasteiger partial charge in [-0.2, -0.15) is 0 Å². The average molecular weight is 281 g/mol. The fourth-order valence-corrected chi connectivity index (χ4v) is 4.40. The van der Waals surface area contributed by atoms with Crippen molar-refractivity contribution in [2.24, 2.45) is 11.7 Å². The fourth-order valence-electron chi connectivity index (χ4n) is 4.40. The minimum atomic E-state index is 0.313. The maximum atomic E-state index is 6.27. The highest BCUT2D eigenvalue weighted by Crippen LogP contribution is 2.37. The second-order valence-corrected chi connectivity index (χ2v) is 7.37.